The summed E-state index contributed by atoms with van der Waals surface area (Å²) in [6, 6.07) is 8.13. The molecule has 1 aromatic carbocycles. The Hall–Kier alpha value is -1.55. The van der Waals surface area contributed by atoms with Crippen LogP contribution in [0, 0.1) is 0 Å². The van der Waals surface area contributed by atoms with E-state index in [-0.39, 0.29) is 4.90 Å². The van der Waals surface area contributed by atoms with E-state index in [1.54, 1.807) is 24.3 Å². The summed E-state index contributed by atoms with van der Waals surface area (Å²) >= 11 is 0. The summed E-state index contributed by atoms with van der Waals surface area (Å²) in [4.78, 5) is 0.216. The first-order chi connectivity index (χ1) is 9.02. The first kappa shape index (κ1) is 11.5. The fourth-order valence-electron chi connectivity index (χ4n) is 1.67. The molecule has 1 aliphatic rings. The van der Waals surface area contributed by atoms with Crippen LogP contribution >= 0.6 is 0 Å². The normalized spacial score (nSPS) is 25.0. The van der Waals surface area contributed by atoms with Crippen LogP contribution in [0.3, 0.4) is 0 Å². The molecule has 2 rings (SSSR count). The van der Waals surface area contributed by atoms with Crippen molar-refractivity contribution in [2.45, 2.75) is 30.2 Å². The van der Waals surface area contributed by atoms with Gasteiger partial charge in [0.1, 0.15) is 6.08 Å². The number of hydrogen-bond acceptors (Lipinski definition) is 3. The number of hydrogen-bond donors (Lipinski definition) is 0. The van der Waals surface area contributed by atoms with Gasteiger partial charge in [0.25, 0.3) is 0 Å². The number of sulfone groups is 1. The highest BCUT2D eigenvalue weighted by atomic mass is 32.2. The van der Waals surface area contributed by atoms with Gasteiger partial charge in [-0.3, -0.25) is 0 Å². The van der Waals surface area contributed by atoms with E-state index in [0.717, 1.165) is 24.5 Å². The molecular weight excluding hydrogens is 248 g/mol. The van der Waals surface area contributed by atoms with Gasteiger partial charge in [-0.2, -0.15) is 0 Å². The molecule has 1 atom stereocenters. The molecular formula is C14H16O3S. The molecule has 18 heavy (non-hydrogen) atoms. The van der Waals surface area contributed by atoms with Crippen molar-refractivity contribution in [2.75, 3.05) is 0 Å². The predicted octanol–water partition coefficient (Wildman–Crippen LogP) is 3.06. The maximum Gasteiger partial charge on any atom is 0.202 e. The molecule has 96 valence electrons. The lowest BCUT2D eigenvalue weighted by Gasteiger charge is -2.15. The molecule has 1 aromatic rings. The zero-order chi connectivity index (χ0) is 13.8. The molecule has 1 unspecified atom stereocenters. The molecule has 1 aliphatic carbocycles. The molecule has 0 radical (unpaired) electrons. The summed E-state index contributed by atoms with van der Waals surface area (Å²) in [5.41, 5.74) is 0. The lowest BCUT2D eigenvalue weighted by molar-refractivity contribution is 0.171. The Balaban J connectivity index is 2.07. The molecule has 0 spiro atoms. The molecule has 0 saturated heterocycles. The van der Waals surface area contributed by atoms with Gasteiger partial charge in [0.2, 0.25) is 9.84 Å². The summed E-state index contributed by atoms with van der Waals surface area (Å²) in [6.07, 6.45) is 5.90. The van der Waals surface area contributed by atoms with Crippen LogP contribution in [0.15, 0.2) is 59.0 Å². The van der Waals surface area contributed by atoms with Crippen molar-refractivity contribution in [2.24, 2.45) is 0 Å². The molecule has 0 aromatic heterocycles. The summed E-state index contributed by atoms with van der Waals surface area (Å²) < 4.78 is 37.1. The van der Waals surface area contributed by atoms with E-state index in [4.69, 9.17) is 6.11 Å². The Morgan fingerprint density at radius 3 is 2.78 bits per heavy atom. The number of rotatable bonds is 4. The van der Waals surface area contributed by atoms with Crippen molar-refractivity contribution in [1.29, 1.82) is 0 Å². The van der Waals surface area contributed by atoms with Gasteiger partial charge in [-0.15, -0.1) is 0 Å². The number of benzene rings is 1. The van der Waals surface area contributed by atoms with Gasteiger partial charge in [0, 0.05) is 0 Å². The van der Waals surface area contributed by atoms with E-state index in [0.29, 0.717) is 6.42 Å². The number of allylic oxidation sites excluding steroid dienone is 1. The van der Waals surface area contributed by atoms with Crippen LogP contribution in [-0.2, 0) is 14.6 Å². The molecule has 0 amide bonds. The van der Waals surface area contributed by atoms with E-state index in [2.05, 4.69) is 0 Å². The largest absolute Gasteiger partial charge is 0.493 e. The first-order valence-electron chi connectivity index (χ1n) is 6.34. The van der Waals surface area contributed by atoms with E-state index in [9.17, 15) is 8.42 Å². The van der Waals surface area contributed by atoms with Crippen molar-refractivity contribution in [3.8, 4) is 0 Å². The monoisotopic (exact) mass is 265 g/mol. The molecule has 0 bridgehead atoms. The van der Waals surface area contributed by atoms with E-state index in [1.165, 1.54) is 12.1 Å². The first-order valence-corrected chi connectivity index (χ1v) is 7.39. The van der Waals surface area contributed by atoms with Crippen LogP contribution < -0.4 is 0 Å². The van der Waals surface area contributed by atoms with E-state index in [1.807, 2.05) is 6.08 Å². The second-order valence-corrected chi connectivity index (χ2v) is 5.84. The number of ether oxygens (including phenoxy) is 1. The van der Waals surface area contributed by atoms with Gasteiger partial charge in [0.15, 0.2) is 0 Å². The summed E-state index contributed by atoms with van der Waals surface area (Å²) in [7, 11) is -3.50. The molecule has 0 N–H and O–H groups in total. The van der Waals surface area contributed by atoms with Gasteiger partial charge >= 0.3 is 0 Å². The Morgan fingerprint density at radius 2 is 2.11 bits per heavy atom. The fourth-order valence-corrected chi connectivity index (χ4v) is 2.56. The topological polar surface area (TPSA) is 43.4 Å². The maximum absolute atomic E-state index is 11.9. The highest BCUT2D eigenvalue weighted by Gasteiger charge is 2.10. The van der Waals surface area contributed by atoms with Crippen LogP contribution in [0.4, 0.5) is 0 Å². The lowest BCUT2D eigenvalue weighted by Crippen LogP contribution is -2.09. The zero-order valence-electron chi connectivity index (χ0n) is 11.0. The third kappa shape index (κ3) is 3.47. The molecule has 3 nitrogen and oxygen atoms in total. The minimum atomic E-state index is -3.50. The molecule has 0 heterocycles. The van der Waals surface area contributed by atoms with Crippen LogP contribution in [0.2, 0.25) is 0 Å². The van der Waals surface area contributed by atoms with Crippen molar-refractivity contribution in [3.05, 3.63) is 54.2 Å². The molecule has 0 saturated carbocycles. The summed E-state index contributed by atoms with van der Waals surface area (Å²) in [5, 5.41) is 1.00. The van der Waals surface area contributed by atoms with E-state index < -0.39 is 15.9 Å². The Kier molecular flexibility index (Phi) is 3.76. The average molecular weight is 265 g/mol. The minimum absolute atomic E-state index is 0.216. The Bertz CT molecular complexity index is 578. The van der Waals surface area contributed by atoms with Crippen molar-refractivity contribution in [1.82, 2.24) is 0 Å². The van der Waals surface area contributed by atoms with Crippen molar-refractivity contribution < 1.29 is 14.5 Å². The third-order valence-electron chi connectivity index (χ3n) is 2.62. The fraction of sp³-hybridized carbons (Fsp3) is 0.286. The smallest absolute Gasteiger partial charge is 0.202 e. The lowest BCUT2D eigenvalue weighted by atomic mass is 10.1. The van der Waals surface area contributed by atoms with Crippen LogP contribution in [0.1, 0.15) is 20.6 Å². The highest BCUT2D eigenvalue weighted by Crippen LogP contribution is 2.15. The molecule has 0 fully saturated rings. The van der Waals surface area contributed by atoms with Crippen molar-refractivity contribution >= 4 is 9.84 Å². The minimum Gasteiger partial charge on any atom is -0.493 e. The molecule has 0 aliphatic heterocycles. The Labute approximate surface area is 109 Å². The second kappa shape index (κ2) is 5.87. The maximum atomic E-state index is 11.9. The van der Waals surface area contributed by atoms with E-state index >= 15 is 0 Å². The predicted molar refractivity (Wildman–Crippen MR) is 70.6 cm³/mol. The van der Waals surface area contributed by atoms with Crippen LogP contribution in [-0.4, -0.2) is 14.5 Å². The molecule has 4 heteroatoms. The average Bonchev–Trinajstić information content (AvgIpc) is 2.40. The van der Waals surface area contributed by atoms with Gasteiger partial charge in [0.05, 0.1) is 17.9 Å². The third-order valence-corrected chi connectivity index (χ3v) is 4.02. The summed E-state index contributed by atoms with van der Waals surface area (Å²) in [5.74, 6) is 0. The van der Waals surface area contributed by atoms with Gasteiger partial charge in [-0.25, -0.2) is 8.42 Å². The van der Waals surface area contributed by atoms with Gasteiger partial charge in [-0.05, 0) is 37.5 Å². The zero-order valence-corrected chi connectivity index (χ0v) is 10.8. The van der Waals surface area contributed by atoms with Crippen LogP contribution in [0.25, 0.3) is 0 Å². The van der Waals surface area contributed by atoms with Crippen molar-refractivity contribution in [3.63, 3.8) is 0 Å². The SMILES string of the molecule is [2H]C1(O/C=C\S(=O)(=O)c2ccccc2)C=CCCC1. The van der Waals surface area contributed by atoms with Crippen LogP contribution in [0.5, 0.6) is 0 Å². The quantitative estimate of drug-likeness (QED) is 0.620. The van der Waals surface area contributed by atoms with Gasteiger partial charge in [-0.1, -0.05) is 24.3 Å². The Morgan fingerprint density at radius 1 is 1.33 bits per heavy atom. The summed E-state index contributed by atoms with van der Waals surface area (Å²) in [6.45, 7) is 0. The van der Waals surface area contributed by atoms with Gasteiger partial charge < -0.3 is 4.74 Å². The standard InChI is InChI=1S/C14H16O3S/c15-18(16,14-9-5-2-6-10-14)12-11-17-13-7-3-1-4-8-13/h2-3,5-7,9-13H,1,4,8H2/b12-11-/i13D. The second-order valence-electron chi connectivity index (χ2n) is 4.01. The highest BCUT2D eigenvalue weighted by molar-refractivity contribution is 7.94.